The van der Waals surface area contributed by atoms with Crippen molar-refractivity contribution in [2.75, 3.05) is 13.2 Å². The molecular formula is C12H14N2O2. The highest BCUT2D eigenvalue weighted by Crippen LogP contribution is 2.16. The molecule has 0 unspecified atom stereocenters. The smallest absolute Gasteiger partial charge is 0.250 e. The van der Waals surface area contributed by atoms with Crippen LogP contribution in [0.1, 0.15) is 18.4 Å². The largest absolute Gasteiger partial charge is 0.381 e. The Kier molecular flexibility index (Phi) is 3.37. The van der Waals surface area contributed by atoms with Gasteiger partial charge in [-0.25, -0.2) is 0 Å². The van der Waals surface area contributed by atoms with Crippen LogP contribution in [-0.2, 0) is 11.3 Å². The maximum absolute atomic E-state index is 11.6. The highest BCUT2D eigenvalue weighted by molar-refractivity contribution is 5.24. The molecule has 1 aliphatic rings. The normalized spacial score (nSPS) is 16.9. The predicted octanol–water partition coefficient (Wildman–Crippen LogP) is 1.15. The highest BCUT2D eigenvalue weighted by atomic mass is 16.5. The molecule has 1 aromatic rings. The van der Waals surface area contributed by atoms with Crippen molar-refractivity contribution < 1.29 is 4.74 Å². The average molecular weight is 218 g/mol. The van der Waals surface area contributed by atoms with Crippen molar-refractivity contribution in [3.05, 3.63) is 34.2 Å². The van der Waals surface area contributed by atoms with Gasteiger partial charge in [-0.2, -0.15) is 5.26 Å². The van der Waals surface area contributed by atoms with Crippen LogP contribution in [0.25, 0.3) is 0 Å². The number of rotatable bonds is 2. The number of pyridine rings is 1. The van der Waals surface area contributed by atoms with Crippen LogP contribution in [0.5, 0.6) is 0 Å². The zero-order chi connectivity index (χ0) is 11.4. The second kappa shape index (κ2) is 4.95. The number of hydrogen-bond donors (Lipinski definition) is 0. The number of nitrogens with zero attached hydrogens (tertiary/aromatic N) is 2. The number of aromatic nitrogens is 1. The molecule has 2 rings (SSSR count). The summed E-state index contributed by atoms with van der Waals surface area (Å²) in [6.07, 6.45) is 3.62. The van der Waals surface area contributed by atoms with Gasteiger partial charge in [-0.1, -0.05) is 0 Å². The van der Waals surface area contributed by atoms with E-state index in [0.717, 1.165) is 26.1 Å². The van der Waals surface area contributed by atoms with Gasteiger partial charge in [0.2, 0.25) is 0 Å². The van der Waals surface area contributed by atoms with Crippen molar-refractivity contribution in [2.24, 2.45) is 5.92 Å². The summed E-state index contributed by atoms with van der Waals surface area (Å²) < 4.78 is 6.91. The van der Waals surface area contributed by atoms with Gasteiger partial charge < -0.3 is 9.30 Å². The molecule has 1 fully saturated rings. The maximum Gasteiger partial charge on any atom is 0.250 e. The van der Waals surface area contributed by atoms with Gasteiger partial charge in [-0.3, -0.25) is 4.79 Å². The molecule has 4 heteroatoms. The van der Waals surface area contributed by atoms with E-state index in [2.05, 4.69) is 0 Å². The van der Waals surface area contributed by atoms with Crippen LogP contribution >= 0.6 is 0 Å². The molecule has 0 aromatic carbocycles. The summed E-state index contributed by atoms with van der Waals surface area (Å²) >= 11 is 0. The minimum Gasteiger partial charge on any atom is -0.381 e. The molecular weight excluding hydrogens is 204 g/mol. The van der Waals surface area contributed by atoms with E-state index in [9.17, 15) is 4.79 Å². The Labute approximate surface area is 94.1 Å². The van der Waals surface area contributed by atoms with Gasteiger partial charge in [0.1, 0.15) is 6.07 Å². The zero-order valence-corrected chi connectivity index (χ0v) is 9.06. The van der Waals surface area contributed by atoms with Crippen LogP contribution in [0, 0.1) is 17.2 Å². The third-order valence-electron chi connectivity index (χ3n) is 2.91. The van der Waals surface area contributed by atoms with Crippen molar-refractivity contribution in [1.82, 2.24) is 4.57 Å². The standard InChI is InChI=1S/C12H14N2O2/c13-7-11-1-2-12(15)14(9-11)8-10-3-5-16-6-4-10/h1-2,9-10H,3-6,8H2. The monoisotopic (exact) mass is 218 g/mol. The van der Waals surface area contributed by atoms with Gasteiger partial charge in [0.05, 0.1) is 5.56 Å². The number of ether oxygens (including phenoxy) is 1. The van der Waals surface area contributed by atoms with E-state index >= 15 is 0 Å². The quantitative estimate of drug-likeness (QED) is 0.748. The van der Waals surface area contributed by atoms with Crippen molar-refractivity contribution in [2.45, 2.75) is 19.4 Å². The Balaban J connectivity index is 2.13. The van der Waals surface area contributed by atoms with Gasteiger partial charge in [-0.05, 0) is 24.8 Å². The van der Waals surface area contributed by atoms with Crippen LogP contribution in [0.3, 0.4) is 0 Å². The predicted molar refractivity (Wildman–Crippen MR) is 59.0 cm³/mol. The lowest BCUT2D eigenvalue weighted by atomic mass is 10.0. The van der Waals surface area contributed by atoms with E-state index in [1.165, 1.54) is 6.07 Å². The lowest BCUT2D eigenvalue weighted by Crippen LogP contribution is -2.26. The zero-order valence-electron chi connectivity index (χ0n) is 9.06. The van der Waals surface area contributed by atoms with Gasteiger partial charge >= 0.3 is 0 Å². The Bertz CT molecular complexity index is 453. The molecule has 16 heavy (non-hydrogen) atoms. The average Bonchev–Trinajstić information content (AvgIpc) is 2.33. The molecule has 84 valence electrons. The third kappa shape index (κ3) is 2.50. The summed E-state index contributed by atoms with van der Waals surface area (Å²) in [4.78, 5) is 11.6. The van der Waals surface area contributed by atoms with Gasteiger partial charge in [-0.15, -0.1) is 0 Å². The fourth-order valence-corrected chi connectivity index (χ4v) is 1.95. The summed E-state index contributed by atoms with van der Waals surface area (Å²) in [5, 5.41) is 8.77. The molecule has 1 aliphatic heterocycles. The van der Waals surface area contributed by atoms with Crippen molar-refractivity contribution >= 4 is 0 Å². The van der Waals surface area contributed by atoms with Crippen LogP contribution in [-0.4, -0.2) is 17.8 Å². The van der Waals surface area contributed by atoms with Crippen LogP contribution in [0.15, 0.2) is 23.1 Å². The van der Waals surface area contributed by atoms with Gasteiger partial charge in [0.15, 0.2) is 0 Å². The summed E-state index contributed by atoms with van der Waals surface area (Å²) in [7, 11) is 0. The van der Waals surface area contributed by atoms with Crippen molar-refractivity contribution in [3.8, 4) is 6.07 Å². The molecule has 0 N–H and O–H groups in total. The first kappa shape index (κ1) is 10.9. The first-order chi connectivity index (χ1) is 7.79. The molecule has 0 spiro atoms. The van der Waals surface area contributed by atoms with Crippen molar-refractivity contribution in [3.63, 3.8) is 0 Å². The lowest BCUT2D eigenvalue weighted by Gasteiger charge is -2.22. The molecule has 0 atom stereocenters. The molecule has 1 aromatic heterocycles. The van der Waals surface area contributed by atoms with Gasteiger partial charge in [0.25, 0.3) is 5.56 Å². The van der Waals surface area contributed by atoms with E-state index < -0.39 is 0 Å². The number of nitriles is 1. The Morgan fingerprint density at radius 2 is 2.19 bits per heavy atom. The van der Waals surface area contributed by atoms with Crippen molar-refractivity contribution in [1.29, 1.82) is 5.26 Å². The molecule has 1 saturated heterocycles. The summed E-state index contributed by atoms with van der Waals surface area (Å²) in [5.74, 6) is 0.486. The molecule has 0 radical (unpaired) electrons. The molecule has 4 nitrogen and oxygen atoms in total. The van der Waals surface area contributed by atoms with Crippen LogP contribution < -0.4 is 5.56 Å². The van der Waals surface area contributed by atoms with Crippen LogP contribution in [0.2, 0.25) is 0 Å². The van der Waals surface area contributed by atoms with E-state index in [1.807, 2.05) is 6.07 Å². The molecule has 0 bridgehead atoms. The second-order valence-electron chi connectivity index (χ2n) is 4.08. The van der Waals surface area contributed by atoms with E-state index in [4.69, 9.17) is 10.00 Å². The molecule has 0 aliphatic carbocycles. The van der Waals surface area contributed by atoms with E-state index in [0.29, 0.717) is 18.0 Å². The number of hydrogen-bond acceptors (Lipinski definition) is 3. The Morgan fingerprint density at radius 3 is 2.88 bits per heavy atom. The minimum atomic E-state index is -0.0366. The molecule has 2 heterocycles. The first-order valence-corrected chi connectivity index (χ1v) is 5.48. The Morgan fingerprint density at radius 1 is 1.44 bits per heavy atom. The lowest BCUT2D eigenvalue weighted by molar-refractivity contribution is 0.0609. The molecule has 0 amide bonds. The maximum atomic E-state index is 11.6. The summed E-state index contributed by atoms with van der Waals surface area (Å²) in [5.41, 5.74) is 0.497. The first-order valence-electron chi connectivity index (χ1n) is 5.48. The highest BCUT2D eigenvalue weighted by Gasteiger charge is 2.14. The fraction of sp³-hybridized carbons (Fsp3) is 0.500. The van der Waals surface area contributed by atoms with E-state index in [-0.39, 0.29) is 5.56 Å². The summed E-state index contributed by atoms with van der Waals surface area (Å²) in [6, 6.07) is 5.06. The summed E-state index contributed by atoms with van der Waals surface area (Å²) in [6.45, 7) is 2.24. The fourth-order valence-electron chi connectivity index (χ4n) is 1.95. The second-order valence-corrected chi connectivity index (χ2v) is 4.08. The van der Waals surface area contributed by atoms with Crippen LogP contribution in [0.4, 0.5) is 0 Å². The van der Waals surface area contributed by atoms with E-state index in [1.54, 1.807) is 16.8 Å². The third-order valence-corrected chi connectivity index (χ3v) is 2.91. The van der Waals surface area contributed by atoms with Gasteiger partial charge in [0, 0.05) is 32.0 Å². The Hall–Kier alpha value is -1.60. The topological polar surface area (TPSA) is 55.0 Å². The SMILES string of the molecule is N#Cc1ccc(=O)n(CC2CCOCC2)c1. The molecule has 0 saturated carbocycles. The minimum absolute atomic E-state index is 0.0366.